The molecule has 182 valence electrons. The van der Waals surface area contributed by atoms with Crippen molar-refractivity contribution in [3.63, 3.8) is 0 Å². The summed E-state index contributed by atoms with van der Waals surface area (Å²) in [4.78, 5) is 26.5. The van der Waals surface area contributed by atoms with Gasteiger partial charge in [-0.3, -0.25) is 4.79 Å². The molecular formula is C25H27ClN6O2S. The second kappa shape index (κ2) is 11.0. The van der Waals surface area contributed by atoms with E-state index in [9.17, 15) is 4.79 Å². The van der Waals surface area contributed by atoms with Crippen LogP contribution in [0.5, 0.6) is 0 Å². The van der Waals surface area contributed by atoms with Crippen molar-refractivity contribution >= 4 is 61.6 Å². The minimum Gasteiger partial charge on any atom is -0.380 e. The van der Waals surface area contributed by atoms with Gasteiger partial charge in [-0.15, -0.1) is 0 Å². The zero-order chi connectivity index (χ0) is 24.9. The van der Waals surface area contributed by atoms with Crippen molar-refractivity contribution in [3.05, 3.63) is 64.3 Å². The van der Waals surface area contributed by atoms with Crippen molar-refractivity contribution in [2.24, 2.45) is 0 Å². The average Bonchev–Trinajstić information content (AvgIpc) is 3.23. The first-order valence-electron chi connectivity index (χ1n) is 11.2. The van der Waals surface area contributed by atoms with Crippen molar-refractivity contribution in [1.82, 2.24) is 15.0 Å². The molecule has 0 saturated carbocycles. The molecule has 4 aromatic rings. The molecular weight excluding hydrogens is 484 g/mol. The van der Waals surface area contributed by atoms with Crippen molar-refractivity contribution < 1.29 is 9.53 Å². The monoisotopic (exact) mass is 510 g/mol. The summed E-state index contributed by atoms with van der Waals surface area (Å²) in [5.74, 6) is 0.934. The Kier molecular flexibility index (Phi) is 7.80. The highest BCUT2D eigenvalue weighted by Crippen LogP contribution is 2.30. The fourth-order valence-electron chi connectivity index (χ4n) is 3.52. The quantitative estimate of drug-likeness (QED) is 0.247. The number of nitrogens with one attached hydrogen (secondary N) is 3. The number of thiazole rings is 1. The van der Waals surface area contributed by atoms with Gasteiger partial charge in [-0.2, -0.15) is 4.98 Å². The smallest absolute Gasteiger partial charge is 0.255 e. The van der Waals surface area contributed by atoms with Crippen molar-refractivity contribution in [3.8, 4) is 0 Å². The average molecular weight is 511 g/mol. The highest BCUT2D eigenvalue weighted by molar-refractivity contribution is 7.22. The summed E-state index contributed by atoms with van der Waals surface area (Å²) in [6.45, 7) is 6.51. The SMILES string of the molecule is CCC(CNc1nc(C)cc(Nc2nc3ccc(C(=O)Nc4c(C)cccc4Cl)cc3s2)n1)OC. The topological polar surface area (TPSA) is 101 Å². The summed E-state index contributed by atoms with van der Waals surface area (Å²) in [5, 5.41) is 10.6. The Balaban J connectivity index is 1.50. The molecule has 2 aromatic heterocycles. The van der Waals surface area contributed by atoms with Crippen LogP contribution in [0.3, 0.4) is 0 Å². The maximum Gasteiger partial charge on any atom is 0.255 e. The predicted molar refractivity (Wildman–Crippen MR) is 143 cm³/mol. The van der Waals surface area contributed by atoms with Crippen LogP contribution in [0.25, 0.3) is 10.2 Å². The number of aryl methyl sites for hydroxylation is 2. The molecule has 8 nitrogen and oxygen atoms in total. The first kappa shape index (κ1) is 24.8. The Morgan fingerprint density at radius 2 is 1.97 bits per heavy atom. The van der Waals surface area contributed by atoms with Crippen LogP contribution in [0.15, 0.2) is 42.5 Å². The summed E-state index contributed by atoms with van der Waals surface area (Å²) in [7, 11) is 1.69. The number of carbonyl (C=O) groups is 1. The van der Waals surface area contributed by atoms with Crippen LogP contribution in [-0.4, -0.2) is 40.6 Å². The van der Waals surface area contributed by atoms with E-state index in [1.54, 1.807) is 19.2 Å². The van der Waals surface area contributed by atoms with Gasteiger partial charge in [-0.05, 0) is 50.1 Å². The Hall–Kier alpha value is -3.27. The molecule has 0 fully saturated rings. The van der Waals surface area contributed by atoms with Gasteiger partial charge in [0.05, 0.1) is 27.0 Å². The standard InChI is InChI=1S/C25H27ClN6O2S/c1-5-17(34-4)13-27-24-28-15(3)11-21(30-24)31-25-29-19-10-9-16(12-20(19)35-25)23(33)32-22-14(2)7-6-8-18(22)26/h6-12,17H,5,13H2,1-4H3,(H,32,33)(H2,27,28,29,30,31). The third-order valence-corrected chi connectivity index (χ3v) is 6.73. The van der Waals surface area contributed by atoms with E-state index >= 15 is 0 Å². The fourth-order valence-corrected chi connectivity index (χ4v) is 4.70. The molecule has 3 N–H and O–H groups in total. The molecule has 1 unspecified atom stereocenters. The molecule has 0 saturated heterocycles. The Morgan fingerprint density at radius 1 is 1.14 bits per heavy atom. The molecule has 10 heteroatoms. The summed E-state index contributed by atoms with van der Waals surface area (Å²) < 4.78 is 6.29. The maximum absolute atomic E-state index is 12.9. The number of anilines is 4. The lowest BCUT2D eigenvalue weighted by Crippen LogP contribution is -2.22. The summed E-state index contributed by atoms with van der Waals surface area (Å²) in [6, 6.07) is 12.8. The number of rotatable bonds is 9. The molecule has 0 aliphatic carbocycles. The van der Waals surface area contributed by atoms with E-state index in [-0.39, 0.29) is 12.0 Å². The lowest BCUT2D eigenvalue weighted by molar-refractivity contribution is 0.102. The number of fused-ring (bicyclic) bond motifs is 1. The highest BCUT2D eigenvalue weighted by Gasteiger charge is 2.14. The number of aromatic nitrogens is 3. The van der Waals surface area contributed by atoms with Gasteiger partial charge < -0.3 is 20.7 Å². The van der Waals surface area contributed by atoms with Crippen LogP contribution < -0.4 is 16.0 Å². The zero-order valence-corrected chi connectivity index (χ0v) is 21.5. The zero-order valence-electron chi connectivity index (χ0n) is 20.0. The number of ether oxygens (including phenoxy) is 1. The van der Waals surface area contributed by atoms with Gasteiger partial charge in [0.1, 0.15) is 5.82 Å². The van der Waals surface area contributed by atoms with Gasteiger partial charge >= 0.3 is 0 Å². The van der Waals surface area contributed by atoms with E-state index in [0.717, 1.165) is 27.9 Å². The Labute approximate surface area is 213 Å². The van der Waals surface area contributed by atoms with E-state index in [1.165, 1.54) is 11.3 Å². The first-order valence-corrected chi connectivity index (χ1v) is 12.4. The molecule has 1 atom stereocenters. The molecule has 0 aliphatic rings. The number of carbonyl (C=O) groups excluding carboxylic acids is 1. The Morgan fingerprint density at radius 3 is 2.71 bits per heavy atom. The number of amides is 1. The number of methoxy groups -OCH3 is 1. The number of halogens is 1. The third-order valence-electron chi connectivity index (χ3n) is 5.48. The molecule has 2 aromatic carbocycles. The highest BCUT2D eigenvalue weighted by atomic mass is 35.5. The first-order chi connectivity index (χ1) is 16.9. The molecule has 2 heterocycles. The Bertz CT molecular complexity index is 1340. The van der Waals surface area contributed by atoms with Crippen molar-refractivity contribution in [2.45, 2.75) is 33.3 Å². The molecule has 4 rings (SSSR count). The van der Waals surface area contributed by atoms with Gasteiger partial charge in [0, 0.05) is 31.0 Å². The lowest BCUT2D eigenvalue weighted by Gasteiger charge is -2.14. The number of benzene rings is 2. The second-order valence-electron chi connectivity index (χ2n) is 8.08. The van der Waals surface area contributed by atoms with Crippen LogP contribution in [0.1, 0.15) is 35.0 Å². The maximum atomic E-state index is 12.9. The van der Waals surface area contributed by atoms with Gasteiger partial charge in [0.15, 0.2) is 5.13 Å². The normalized spacial score (nSPS) is 11.9. The van der Waals surface area contributed by atoms with E-state index in [4.69, 9.17) is 16.3 Å². The number of nitrogens with zero attached hydrogens (tertiary/aromatic N) is 3. The minimum atomic E-state index is -0.227. The molecule has 35 heavy (non-hydrogen) atoms. The van der Waals surface area contributed by atoms with Gasteiger partial charge in [-0.1, -0.05) is 42.0 Å². The summed E-state index contributed by atoms with van der Waals surface area (Å²) in [6.07, 6.45) is 0.984. The van der Waals surface area contributed by atoms with Crippen molar-refractivity contribution in [1.29, 1.82) is 0 Å². The minimum absolute atomic E-state index is 0.0908. The van der Waals surface area contributed by atoms with Crippen LogP contribution in [0.2, 0.25) is 5.02 Å². The van der Waals surface area contributed by atoms with Crippen LogP contribution in [0, 0.1) is 13.8 Å². The van der Waals surface area contributed by atoms with Gasteiger partial charge in [0.2, 0.25) is 5.95 Å². The molecule has 0 radical (unpaired) electrons. The van der Waals surface area contributed by atoms with Gasteiger partial charge in [-0.25, -0.2) is 9.97 Å². The molecule has 0 aliphatic heterocycles. The molecule has 0 spiro atoms. The van der Waals surface area contributed by atoms with Crippen LogP contribution >= 0.6 is 22.9 Å². The van der Waals surface area contributed by atoms with Gasteiger partial charge in [0.25, 0.3) is 5.91 Å². The predicted octanol–water partition coefficient (Wildman–Crippen LogP) is 6.19. The fraction of sp³-hybridized carbons (Fsp3) is 0.280. The lowest BCUT2D eigenvalue weighted by atomic mass is 10.1. The van der Waals surface area contributed by atoms with E-state index in [1.807, 2.05) is 44.2 Å². The second-order valence-corrected chi connectivity index (χ2v) is 9.52. The largest absolute Gasteiger partial charge is 0.380 e. The third kappa shape index (κ3) is 6.05. The van der Waals surface area contributed by atoms with Crippen LogP contribution in [0.4, 0.5) is 22.6 Å². The summed E-state index contributed by atoms with van der Waals surface area (Å²) >= 11 is 7.70. The van der Waals surface area contributed by atoms with E-state index < -0.39 is 0 Å². The molecule has 0 bridgehead atoms. The number of hydrogen-bond donors (Lipinski definition) is 3. The van der Waals surface area contributed by atoms with Crippen LogP contribution in [-0.2, 0) is 4.74 Å². The van der Waals surface area contributed by atoms with Crippen molar-refractivity contribution in [2.75, 3.05) is 29.6 Å². The number of para-hydroxylation sites is 1. The number of hydrogen-bond acceptors (Lipinski definition) is 8. The van der Waals surface area contributed by atoms with E-state index in [2.05, 4.69) is 37.8 Å². The molecule has 1 amide bonds. The summed E-state index contributed by atoms with van der Waals surface area (Å²) in [5.41, 5.74) is 3.66. The van der Waals surface area contributed by atoms with E-state index in [0.29, 0.717) is 39.7 Å².